The van der Waals surface area contributed by atoms with Crippen LogP contribution in [-0.2, 0) is 9.59 Å². The van der Waals surface area contributed by atoms with Crippen molar-refractivity contribution in [3.05, 3.63) is 40.2 Å². The highest BCUT2D eigenvalue weighted by Crippen LogP contribution is 2.22. The zero-order chi connectivity index (χ0) is 17.7. The van der Waals surface area contributed by atoms with E-state index < -0.39 is 17.6 Å². The molecule has 1 amide bonds. The Morgan fingerprint density at radius 3 is 2.75 bits per heavy atom. The number of carbonyl (C=O) groups is 2. The molecule has 0 spiro atoms. The molecule has 1 heterocycles. The van der Waals surface area contributed by atoms with E-state index in [1.165, 1.54) is 19.1 Å². The molecular formula is C17H19NO5S. The van der Waals surface area contributed by atoms with Crippen LogP contribution in [0.5, 0.6) is 5.75 Å². The number of ether oxygens (including phenoxy) is 1. The molecule has 1 N–H and O–H groups in total. The molecule has 1 atom stereocenters. The summed E-state index contributed by atoms with van der Waals surface area (Å²) < 4.78 is 10.5. The van der Waals surface area contributed by atoms with Gasteiger partial charge in [0.25, 0.3) is 0 Å². The molecule has 0 aliphatic rings. The van der Waals surface area contributed by atoms with Crippen LogP contribution in [-0.4, -0.2) is 29.9 Å². The molecule has 1 aromatic carbocycles. The molecule has 0 aliphatic carbocycles. The second kappa shape index (κ2) is 8.01. The summed E-state index contributed by atoms with van der Waals surface area (Å²) >= 11 is 1.58. The van der Waals surface area contributed by atoms with Gasteiger partial charge in [-0.15, -0.1) is 0 Å². The number of amides is 1. The Bertz CT molecular complexity index is 814. The molecule has 128 valence electrons. The molecule has 0 saturated heterocycles. The Kier molecular flexibility index (Phi) is 6.03. The third-order valence-corrected chi connectivity index (χ3v) is 4.06. The van der Waals surface area contributed by atoms with E-state index in [9.17, 15) is 14.4 Å². The van der Waals surface area contributed by atoms with E-state index >= 15 is 0 Å². The van der Waals surface area contributed by atoms with Crippen LogP contribution in [0.25, 0.3) is 11.0 Å². The van der Waals surface area contributed by atoms with E-state index in [0.29, 0.717) is 17.8 Å². The highest BCUT2D eigenvalue weighted by Gasteiger charge is 2.21. The van der Waals surface area contributed by atoms with Crippen molar-refractivity contribution in [3.63, 3.8) is 0 Å². The number of thioether (sulfide) groups is 1. The fourth-order valence-electron chi connectivity index (χ4n) is 2.29. The van der Waals surface area contributed by atoms with Gasteiger partial charge in [-0.2, -0.15) is 11.8 Å². The highest BCUT2D eigenvalue weighted by molar-refractivity contribution is 7.98. The number of hydrogen-bond donors (Lipinski definition) is 1. The van der Waals surface area contributed by atoms with Crippen LogP contribution in [0.2, 0.25) is 0 Å². The summed E-state index contributed by atoms with van der Waals surface area (Å²) in [6.07, 6.45) is 2.39. The third kappa shape index (κ3) is 4.61. The van der Waals surface area contributed by atoms with Crippen LogP contribution in [0.15, 0.2) is 33.5 Å². The lowest BCUT2D eigenvalue weighted by atomic mass is 10.1. The Labute approximate surface area is 143 Å². The predicted octanol–water partition coefficient (Wildman–Crippen LogP) is 2.26. The largest absolute Gasteiger partial charge is 0.425 e. The second-order valence-corrected chi connectivity index (χ2v) is 6.35. The van der Waals surface area contributed by atoms with E-state index in [0.717, 1.165) is 10.9 Å². The lowest BCUT2D eigenvalue weighted by molar-refractivity contribution is -0.139. The standard InChI is InChI=1S/C17H19NO5S/c1-10-8-16(20)23-15-9-12(4-5-13(10)15)22-17(21)14(6-7-24-3)18-11(2)19/h4-5,8-9,14H,6-7H2,1-3H3,(H,18,19)/t14-/m0/s1. The van der Waals surface area contributed by atoms with Gasteiger partial charge in [0.05, 0.1) is 0 Å². The van der Waals surface area contributed by atoms with E-state index in [4.69, 9.17) is 9.15 Å². The molecule has 0 radical (unpaired) electrons. The summed E-state index contributed by atoms with van der Waals surface area (Å²) in [6.45, 7) is 3.16. The number of aryl methyl sites for hydroxylation is 1. The van der Waals surface area contributed by atoms with Gasteiger partial charge in [-0.1, -0.05) is 0 Å². The molecule has 2 aromatic rings. The van der Waals surface area contributed by atoms with Crippen molar-refractivity contribution >= 4 is 34.6 Å². The van der Waals surface area contributed by atoms with Gasteiger partial charge < -0.3 is 14.5 Å². The zero-order valence-corrected chi connectivity index (χ0v) is 14.6. The summed E-state index contributed by atoms with van der Waals surface area (Å²) in [6, 6.07) is 5.55. The lowest BCUT2D eigenvalue weighted by Crippen LogP contribution is -2.42. The van der Waals surface area contributed by atoms with Gasteiger partial charge in [-0.3, -0.25) is 4.79 Å². The maximum atomic E-state index is 12.3. The molecule has 0 unspecified atom stereocenters. The molecule has 1 aromatic heterocycles. The van der Waals surface area contributed by atoms with Crippen LogP contribution in [0.1, 0.15) is 18.9 Å². The topological polar surface area (TPSA) is 85.6 Å². The average molecular weight is 349 g/mol. The Balaban J connectivity index is 2.21. The van der Waals surface area contributed by atoms with Crippen LogP contribution in [0.3, 0.4) is 0 Å². The number of fused-ring (bicyclic) bond motifs is 1. The minimum absolute atomic E-state index is 0.265. The number of rotatable bonds is 6. The first kappa shape index (κ1) is 18.1. The van der Waals surface area contributed by atoms with Crippen molar-refractivity contribution in [2.24, 2.45) is 0 Å². The molecule has 0 bridgehead atoms. The summed E-state index contributed by atoms with van der Waals surface area (Å²) in [5, 5.41) is 3.36. The first-order chi connectivity index (χ1) is 11.4. The van der Waals surface area contributed by atoms with Gasteiger partial charge in [-0.25, -0.2) is 9.59 Å². The fourth-order valence-corrected chi connectivity index (χ4v) is 2.76. The van der Waals surface area contributed by atoms with Gasteiger partial charge in [0, 0.05) is 24.4 Å². The van der Waals surface area contributed by atoms with Gasteiger partial charge in [0.1, 0.15) is 17.4 Å². The van der Waals surface area contributed by atoms with E-state index in [1.807, 2.05) is 6.26 Å². The maximum Gasteiger partial charge on any atom is 0.336 e. The summed E-state index contributed by atoms with van der Waals surface area (Å²) in [5.74, 6) is 0.138. The first-order valence-electron chi connectivity index (χ1n) is 7.43. The fraction of sp³-hybridized carbons (Fsp3) is 0.353. The van der Waals surface area contributed by atoms with Crippen molar-refractivity contribution < 1.29 is 18.7 Å². The molecule has 2 rings (SSSR count). The van der Waals surface area contributed by atoms with Crippen LogP contribution in [0, 0.1) is 6.92 Å². The Hall–Kier alpha value is -2.28. The van der Waals surface area contributed by atoms with Crippen LogP contribution < -0.4 is 15.7 Å². The summed E-state index contributed by atoms with van der Waals surface area (Å²) in [5.41, 5.74) is 0.681. The SMILES string of the molecule is CSCC[C@H](NC(C)=O)C(=O)Oc1ccc2c(C)cc(=O)oc2c1. The number of hydrogen-bond acceptors (Lipinski definition) is 6. The molecule has 24 heavy (non-hydrogen) atoms. The van der Waals surface area contributed by atoms with Crippen molar-refractivity contribution in [2.75, 3.05) is 12.0 Å². The normalized spacial score (nSPS) is 12.0. The highest BCUT2D eigenvalue weighted by atomic mass is 32.2. The molecular weight excluding hydrogens is 330 g/mol. The monoisotopic (exact) mass is 349 g/mol. The van der Waals surface area contributed by atoms with Gasteiger partial charge in [0.2, 0.25) is 5.91 Å². The number of esters is 1. The second-order valence-electron chi connectivity index (χ2n) is 5.36. The predicted molar refractivity (Wildman–Crippen MR) is 93.5 cm³/mol. The van der Waals surface area contributed by atoms with Crippen molar-refractivity contribution in [1.82, 2.24) is 5.32 Å². The average Bonchev–Trinajstić information content (AvgIpc) is 2.50. The number of benzene rings is 1. The summed E-state index contributed by atoms with van der Waals surface area (Å²) in [7, 11) is 0. The zero-order valence-electron chi connectivity index (χ0n) is 13.8. The van der Waals surface area contributed by atoms with E-state index in [2.05, 4.69) is 5.32 Å². The quantitative estimate of drug-likeness (QED) is 0.489. The molecule has 0 aliphatic heterocycles. The molecule has 0 fully saturated rings. The van der Waals surface area contributed by atoms with Gasteiger partial charge in [-0.05, 0) is 43.0 Å². The Morgan fingerprint density at radius 1 is 1.33 bits per heavy atom. The van der Waals surface area contributed by atoms with Gasteiger partial charge >= 0.3 is 11.6 Å². The Morgan fingerprint density at radius 2 is 2.08 bits per heavy atom. The van der Waals surface area contributed by atoms with Crippen molar-refractivity contribution in [3.8, 4) is 5.75 Å². The minimum Gasteiger partial charge on any atom is -0.425 e. The first-order valence-corrected chi connectivity index (χ1v) is 8.82. The van der Waals surface area contributed by atoms with E-state index in [-0.39, 0.29) is 11.7 Å². The van der Waals surface area contributed by atoms with Crippen molar-refractivity contribution in [1.29, 1.82) is 0 Å². The molecule has 6 nitrogen and oxygen atoms in total. The smallest absolute Gasteiger partial charge is 0.336 e. The maximum absolute atomic E-state index is 12.3. The van der Waals surface area contributed by atoms with E-state index in [1.54, 1.807) is 30.8 Å². The van der Waals surface area contributed by atoms with Crippen molar-refractivity contribution in [2.45, 2.75) is 26.3 Å². The van der Waals surface area contributed by atoms with Crippen LogP contribution >= 0.6 is 11.8 Å². The van der Waals surface area contributed by atoms with Crippen LogP contribution in [0.4, 0.5) is 0 Å². The lowest BCUT2D eigenvalue weighted by Gasteiger charge is -2.16. The van der Waals surface area contributed by atoms with Gasteiger partial charge in [0.15, 0.2) is 0 Å². The molecule has 7 heteroatoms. The molecule has 0 saturated carbocycles. The number of nitrogens with one attached hydrogen (secondary N) is 1. The third-order valence-electron chi connectivity index (χ3n) is 3.41. The number of carbonyl (C=O) groups excluding carboxylic acids is 2. The summed E-state index contributed by atoms with van der Waals surface area (Å²) in [4.78, 5) is 35.0. The minimum atomic E-state index is -0.713.